The summed E-state index contributed by atoms with van der Waals surface area (Å²) in [5.41, 5.74) is 2.74. The second kappa shape index (κ2) is 9.24. The molecule has 1 fully saturated rings. The molecule has 1 heterocycles. The van der Waals surface area contributed by atoms with Gasteiger partial charge >= 0.3 is 0 Å². The van der Waals surface area contributed by atoms with Gasteiger partial charge in [0.15, 0.2) is 0 Å². The van der Waals surface area contributed by atoms with E-state index in [9.17, 15) is 13.2 Å². The Morgan fingerprint density at radius 2 is 1.80 bits per heavy atom. The molecule has 0 unspecified atom stereocenters. The number of hydrogen-bond donors (Lipinski definition) is 1. The number of anilines is 3. The van der Waals surface area contributed by atoms with Gasteiger partial charge in [-0.3, -0.25) is 9.10 Å². The molecule has 3 rings (SSSR count). The second-order valence-corrected chi connectivity index (χ2v) is 9.60. The van der Waals surface area contributed by atoms with Crippen molar-refractivity contribution in [2.75, 3.05) is 47.1 Å². The van der Waals surface area contributed by atoms with Crippen LogP contribution < -0.4 is 14.5 Å². The Bertz CT molecular complexity index is 1010. The summed E-state index contributed by atoms with van der Waals surface area (Å²) in [6.45, 7) is 6.37. The lowest BCUT2D eigenvalue weighted by Crippen LogP contribution is -2.45. The molecule has 1 aliphatic heterocycles. The van der Waals surface area contributed by atoms with Crippen LogP contribution in [0.15, 0.2) is 42.5 Å². The number of sulfonamides is 1. The zero-order valence-electron chi connectivity index (χ0n) is 17.3. The van der Waals surface area contributed by atoms with E-state index in [1.165, 1.54) is 0 Å². The van der Waals surface area contributed by atoms with Crippen molar-refractivity contribution in [1.29, 1.82) is 0 Å². The highest BCUT2D eigenvalue weighted by Crippen LogP contribution is 2.29. The Kier molecular flexibility index (Phi) is 6.90. The van der Waals surface area contributed by atoms with Crippen molar-refractivity contribution in [2.24, 2.45) is 0 Å². The van der Waals surface area contributed by atoms with Crippen molar-refractivity contribution in [3.05, 3.63) is 53.1 Å². The van der Waals surface area contributed by atoms with Gasteiger partial charge in [-0.15, -0.1) is 0 Å². The van der Waals surface area contributed by atoms with E-state index in [1.54, 1.807) is 32.0 Å². The predicted octanol–water partition coefficient (Wildman–Crippen LogP) is 3.28. The average molecular weight is 452 g/mol. The molecule has 2 aromatic carbocycles. The van der Waals surface area contributed by atoms with Crippen molar-refractivity contribution in [2.45, 2.75) is 19.9 Å². The molecule has 1 N–H and O–H groups in total. The highest BCUT2D eigenvalue weighted by Gasteiger charge is 2.30. The largest absolute Gasteiger partial charge is 0.378 e. The molecule has 1 atom stereocenters. The van der Waals surface area contributed by atoms with Gasteiger partial charge in [-0.25, -0.2) is 8.42 Å². The molecule has 2 aromatic rings. The monoisotopic (exact) mass is 451 g/mol. The van der Waals surface area contributed by atoms with Crippen LogP contribution in [0.5, 0.6) is 0 Å². The summed E-state index contributed by atoms with van der Waals surface area (Å²) in [6, 6.07) is 11.5. The molecule has 0 aromatic heterocycles. The third-order valence-corrected chi connectivity index (χ3v) is 6.47. The number of hydrogen-bond acceptors (Lipinski definition) is 5. The molecule has 9 heteroatoms. The number of benzene rings is 2. The number of morpholine rings is 1. The number of ether oxygens (including phenoxy) is 1. The summed E-state index contributed by atoms with van der Waals surface area (Å²) in [5.74, 6) is -0.432. The van der Waals surface area contributed by atoms with Gasteiger partial charge in [0.2, 0.25) is 15.9 Å². The van der Waals surface area contributed by atoms with E-state index in [1.807, 2.05) is 24.3 Å². The quantitative estimate of drug-likeness (QED) is 0.729. The molecule has 0 spiro atoms. The number of carbonyl (C=O) groups excluding carboxylic acids is 1. The summed E-state index contributed by atoms with van der Waals surface area (Å²) >= 11 is 6.07. The van der Waals surface area contributed by atoms with Gasteiger partial charge in [-0.05, 0) is 55.8 Å². The molecule has 0 bridgehead atoms. The van der Waals surface area contributed by atoms with Gasteiger partial charge < -0.3 is 15.0 Å². The maximum atomic E-state index is 12.9. The second-order valence-electron chi connectivity index (χ2n) is 7.30. The molecule has 1 amide bonds. The first kappa shape index (κ1) is 22.4. The van der Waals surface area contributed by atoms with Crippen LogP contribution in [0.4, 0.5) is 17.1 Å². The number of aryl methyl sites for hydroxylation is 1. The minimum atomic E-state index is -3.72. The maximum absolute atomic E-state index is 12.9. The lowest BCUT2D eigenvalue weighted by molar-refractivity contribution is -0.116. The van der Waals surface area contributed by atoms with Crippen LogP contribution >= 0.6 is 11.6 Å². The molecule has 0 aliphatic carbocycles. The van der Waals surface area contributed by atoms with E-state index in [-0.39, 0.29) is 0 Å². The first-order chi connectivity index (χ1) is 14.2. The number of halogens is 1. The number of amides is 1. The van der Waals surface area contributed by atoms with Gasteiger partial charge in [-0.1, -0.05) is 17.7 Å². The summed E-state index contributed by atoms with van der Waals surface area (Å²) in [5, 5.41) is 3.21. The van der Waals surface area contributed by atoms with Crippen molar-refractivity contribution in [3.8, 4) is 0 Å². The average Bonchev–Trinajstić information content (AvgIpc) is 2.71. The third kappa shape index (κ3) is 5.24. The van der Waals surface area contributed by atoms with E-state index in [0.717, 1.165) is 29.3 Å². The normalized spacial score (nSPS) is 15.5. The fourth-order valence-electron chi connectivity index (χ4n) is 3.42. The highest BCUT2D eigenvalue weighted by molar-refractivity contribution is 7.92. The van der Waals surface area contributed by atoms with E-state index in [4.69, 9.17) is 16.3 Å². The van der Waals surface area contributed by atoms with Gasteiger partial charge in [0.25, 0.3) is 0 Å². The van der Waals surface area contributed by atoms with E-state index < -0.39 is 22.0 Å². The fourth-order valence-corrected chi connectivity index (χ4v) is 4.82. The summed E-state index contributed by atoms with van der Waals surface area (Å²) in [6.07, 6.45) is 1.08. The summed E-state index contributed by atoms with van der Waals surface area (Å²) in [4.78, 5) is 15.1. The molecule has 30 heavy (non-hydrogen) atoms. The van der Waals surface area contributed by atoms with Crippen molar-refractivity contribution in [1.82, 2.24) is 0 Å². The smallest absolute Gasteiger partial charge is 0.247 e. The van der Waals surface area contributed by atoms with Gasteiger partial charge in [0.1, 0.15) is 6.04 Å². The molecular formula is C21H26ClN3O4S. The highest BCUT2D eigenvalue weighted by atomic mass is 35.5. The Balaban J connectivity index is 1.78. The van der Waals surface area contributed by atoms with Crippen LogP contribution in [0, 0.1) is 6.92 Å². The first-order valence-electron chi connectivity index (χ1n) is 9.66. The van der Waals surface area contributed by atoms with Crippen LogP contribution in [0.3, 0.4) is 0 Å². The van der Waals surface area contributed by atoms with Crippen molar-refractivity contribution < 1.29 is 17.9 Å². The third-order valence-electron chi connectivity index (χ3n) is 5.01. The van der Waals surface area contributed by atoms with Crippen LogP contribution in [-0.2, 0) is 19.6 Å². The van der Waals surface area contributed by atoms with Crippen molar-refractivity contribution in [3.63, 3.8) is 0 Å². The Morgan fingerprint density at radius 1 is 1.17 bits per heavy atom. The summed E-state index contributed by atoms with van der Waals surface area (Å²) < 4.78 is 31.5. The Hall–Kier alpha value is -2.29. The van der Waals surface area contributed by atoms with E-state index in [2.05, 4.69) is 10.2 Å². The number of nitrogens with one attached hydrogen (secondary N) is 1. The lowest BCUT2D eigenvalue weighted by atomic mass is 10.1. The van der Waals surface area contributed by atoms with E-state index >= 15 is 0 Å². The van der Waals surface area contributed by atoms with Gasteiger partial charge in [-0.2, -0.15) is 0 Å². The van der Waals surface area contributed by atoms with Crippen LogP contribution in [-0.4, -0.2) is 52.9 Å². The topological polar surface area (TPSA) is 79.0 Å². The number of nitrogens with zero attached hydrogens (tertiary/aromatic N) is 2. The number of carbonyl (C=O) groups is 1. The molecule has 162 valence electrons. The predicted molar refractivity (Wildman–Crippen MR) is 121 cm³/mol. The standard InChI is InChI=1S/C21H26ClN3O4S/c1-15-4-5-17(22)14-20(15)25(30(3,27)28)16(2)21(26)23-18-6-8-19(9-7-18)24-10-12-29-13-11-24/h4-9,14,16H,10-13H2,1-3H3,(H,23,26)/t16-/m1/s1. The fraction of sp³-hybridized carbons (Fsp3) is 0.381. The molecule has 1 aliphatic rings. The van der Waals surface area contributed by atoms with Crippen LogP contribution in [0.2, 0.25) is 5.02 Å². The maximum Gasteiger partial charge on any atom is 0.247 e. The molecule has 0 radical (unpaired) electrons. The molecule has 1 saturated heterocycles. The molecule has 7 nitrogen and oxygen atoms in total. The van der Waals surface area contributed by atoms with Crippen LogP contribution in [0.25, 0.3) is 0 Å². The molecular weight excluding hydrogens is 426 g/mol. The van der Waals surface area contributed by atoms with Crippen molar-refractivity contribution >= 4 is 44.6 Å². The Labute approximate surface area is 182 Å². The SMILES string of the molecule is Cc1ccc(Cl)cc1N([C@H](C)C(=O)Nc1ccc(N2CCOCC2)cc1)S(C)(=O)=O. The van der Waals surface area contributed by atoms with E-state index in [0.29, 0.717) is 35.2 Å². The number of rotatable bonds is 6. The Morgan fingerprint density at radius 3 is 2.40 bits per heavy atom. The van der Waals surface area contributed by atoms with Gasteiger partial charge in [0.05, 0.1) is 25.2 Å². The summed E-state index contributed by atoms with van der Waals surface area (Å²) in [7, 11) is -3.72. The first-order valence-corrected chi connectivity index (χ1v) is 11.9. The van der Waals surface area contributed by atoms with Gasteiger partial charge in [0, 0.05) is 29.5 Å². The molecule has 0 saturated carbocycles. The zero-order valence-corrected chi connectivity index (χ0v) is 18.8. The minimum Gasteiger partial charge on any atom is -0.378 e. The minimum absolute atomic E-state index is 0.385. The zero-order chi connectivity index (χ0) is 21.9. The van der Waals surface area contributed by atoms with Crippen LogP contribution in [0.1, 0.15) is 12.5 Å². The lowest BCUT2D eigenvalue weighted by Gasteiger charge is -2.30.